The van der Waals surface area contributed by atoms with Crippen molar-refractivity contribution in [1.29, 1.82) is 0 Å². The first-order chi connectivity index (χ1) is 11.4. The fourth-order valence-electron chi connectivity index (χ4n) is 1.99. The lowest BCUT2D eigenvalue weighted by molar-refractivity contribution is -0.119. The Kier molecular flexibility index (Phi) is 6.81. The second-order valence-corrected chi connectivity index (χ2v) is 7.29. The fourth-order valence-corrected chi connectivity index (χ4v) is 2.16. The number of anilines is 1. The number of carboxylic acids is 1. The van der Waals surface area contributed by atoms with Crippen molar-refractivity contribution >= 4 is 35.3 Å². The minimum Gasteiger partial charge on any atom is -0.478 e. The molecular weight excluding hydrogens is 348 g/mol. The first kappa shape index (κ1) is 20.8. The normalized spacial score (nSPS) is 12.4. The van der Waals surface area contributed by atoms with Gasteiger partial charge in [-0.15, -0.1) is 0 Å². The largest absolute Gasteiger partial charge is 0.478 e. The van der Waals surface area contributed by atoms with E-state index in [4.69, 9.17) is 16.3 Å². The van der Waals surface area contributed by atoms with Gasteiger partial charge in [-0.3, -0.25) is 4.79 Å². The first-order valence-corrected chi connectivity index (χ1v) is 8.11. The summed E-state index contributed by atoms with van der Waals surface area (Å²) in [5, 5.41) is 14.5. The summed E-state index contributed by atoms with van der Waals surface area (Å²) >= 11 is 5.87. The summed E-state index contributed by atoms with van der Waals surface area (Å²) in [5.41, 5.74) is -0.745. The topological polar surface area (TPSA) is 105 Å². The number of halogens is 1. The highest BCUT2D eigenvalue weighted by Crippen LogP contribution is 2.22. The SMILES string of the molecule is CC(C)[C@@H](NC(=O)OC(C)(C)C)C(=O)Nc1cc(Cl)ccc1C(=O)O. The Bertz CT molecular complexity index is 667. The Balaban J connectivity index is 2.96. The van der Waals surface area contributed by atoms with Gasteiger partial charge >= 0.3 is 12.1 Å². The van der Waals surface area contributed by atoms with Gasteiger partial charge in [0.1, 0.15) is 11.6 Å². The molecule has 0 unspecified atom stereocenters. The second kappa shape index (κ2) is 8.20. The molecule has 0 heterocycles. The number of amides is 2. The van der Waals surface area contributed by atoms with Crippen molar-refractivity contribution < 1.29 is 24.2 Å². The van der Waals surface area contributed by atoms with Crippen LogP contribution in [0.1, 0.15) is 45.0 Å². The van der Waals surface area contributed by atoms with Crippen molar-refractivity contribution in [3.8, 4) is 0 Å². The van der Waals surface area contributed by atoms with Crippen LogP contribution in [-0.4, -0.2) is 34.7 Å². The number of ether oxygens (including phenoxy) is 1. The second-order valence-electron chi connectivity index (χ2n) is 6.85. The Morgan fingerprint density at radius 2 is 1.80 bits per heavy atom. The first-order valence-electron chi connectivity index (χ1n) is 7.74. The molecule has 1 rings (SSSR count). The van der Waals surface area contributed by atoms with E-state index in [9.17, 15) is 19.5 Å². The van der Waals surface area contributed by atoms with Crippen LogP contribution in [0.3, 0.4) is 0 Å². The Morgan fingerprint density at radius 3 is 2.28 bits per heavy atom. The van der Waals surface area contributed by atoms with Gasteiger partial charge in [-0.05, 0) is 44.9 Å². The molecule has 25 heavy (non-hydrogen) atoms. The molecule has 0 spiro atoms. The van der Waals surface area contributed by atoms with Gasteiger partial charge in [0.05, 0.1) is 11.3 Å². The van der Waals surface area contributed by atoms with E-state index in [1.165, 1.54) is 18.2 Å². The molecule has 0 aliphatic carbocycles. The van der Waals surface area contributed by atoms with Crippen LogP contribution in [0.4, 0.5) is 10.5 Å². The van der Waals surface area contributed by atoms with Gasteiger partial charge in [0.2, 0.25) is 5.91 Å². The Morgan fingerprint density at radius 1 is 1.20 bits per heavy atom. The van der Waals surface area contributed by atoms with Crippen LogP contribution in [0.2, 0.25) is 5.02 Å². The zero-order valence-corrected chi connectivity index (χ0v) is 15.6. The molecule has 3 N–H and O–H groups in total. The fraction of sp³-hybridized carbons (Fsp3) is 0.471. The van der Waals surface area contributed by atoms with Crippen LogP contribution in [0, 0.1) is 5.92 Å². The number of hydrogen-bond donors (Lipinski definition) is 3. The maximum atomic E-state index is 12.5. The van der Waals surface area contributed by atoms with Crippen molar-refractivity contribution in [1.82, 2.24) is 5.32 Å². The standard InChI is InChI=1S/C17H23ClN2O5/c1-9(2)13(20-16(24)25-17(3,4)5)14(21)19-12-8-10(18)6-7-11(12)15(22)23/h6-9,13H,1-5H3,(H,19,21)(H,20,24)(H,22,23)/t13-/m1/s1. The monoisotopic (exact) mass is 370 g/mol. The summed E-state index contributed by atoms with van der Waals surface area (Å²) in [4.78, 5) is 35.7. The molecule has 2 amide bonds. The predicted octanol–water partition coefficient (Wildman–Crippen LogP) is 3.53. The molecular formula is C17H23ClN2O5. The highest BCUT2D eigenvalue weighted by Gasteiger charge is 2.27. The molecule has 7 nitrogen and oxygen atoms in total. The van der Waals surface area contributed by atoms with Gasteiger partial charge in [0.15, 0.2) is 0 Å². The van der Waals surface area contributed by atoms with Crippen LogP contribution in [0.25, 0.3) is 0 Å². The molecule has 0 aromatic heterocycles. The Hall–Kier alpha value is -2.28. The molecule has 1 aromatic carbocycles. The number of hydrogen-bond acceptors (Lipinski definition) is 4. The van der Waals surface area contributed by atoms with Crippen LogP contribution >= 0.6 is 11.6 Å². The highest BCUT2D eigenvalue weighted by molar-refractivity contribution is 6.31. The van der Waals surface area contributed by atoms with Gasteiger partial charge < -0.3 is 20.5 Å². The molecule has 138 valence electrons. The third kappa shape index (κ3) is 6.62. The lowest BCUT2D eigenvalue weighted by Crippen LogP contribution is -2.48. The average molecular weight is 371 g/mol. The molecule has 0 bridgehead atoms. The number of rotatable bonds is 5. The molecule has 0 saturated carbocycles. The van der Waals surface area contributed by atoms with Crippen LogP contribution in [0.15, 0.2) is 18.2 Å². The van der Waals surface area contributed by atoms with Crippen molar-refractivity contribution in [2.45, 2.75) is 46.3 Å². The maximum Gasteiger partial charge on any atom is 0.408 e. The number of carboxylic acid groups (broad SMARTS) is 1. The maximum absolute atomic E-state index is 12.5. The van der Waals surface area contributed by atoms with Crippen LogP contribution < -0.4 is 10.6 Å². The van der Waals surface area contributed by atoms with E-state index in [2.05, 4.69) is 10.6 Å². The lowest BCUT2D eigenvalue weighted by atomic mass is 10.0. The van der Waals surface area contributed by atoms with Gasteiger partial charge in [0, 0.05) is 5.02 Å². The van der Waals surface area contributed by atoms with Gasteiger partial charge in [-0.25, -0.2) is 9.59 Å². The van der Waals surface area contributed by atoms with E-state index in [1.807, 2.05) is 0 Å². The highest BCUT2D eigenvalue weighted by atomic mass is 35.5. The molecule has 1 aromatic rings. The molecule has 1 atom stereocenters. The average Bonchev–Trinajstić information content (AvgIpc) is 2.42. The van der Waals surface area contributed by atoms with Crippen LogP contribution in [-0.2, 0) is 9.53 Å². The lowest BCUT2D eigenvalue weighted by Gasteiger charge is -2.25. The van der Waals surface area contributed by atoms with Gasteiger partial charge in [-0.1, -0.05) is 25.4 Å². The number of benzene rings is 1. The quantitative estimate of drug-likeness (QED) is 0.735. The van der Waals surface area contributed by atoms with Crippen molar-refractivity contribution in [3.63, 3.8) is 0 Å². The molecule has 0 aliphatic rings. The minimum absolute atomic E-state index is 0.0571. The van der Waals surface area contributed by atoms with E-state index in [0.717, 1.165) is 0 Å². The van der Waals surface area contributed by atoms with Crippen molar-refractivity contribution in [2.24, 2.45) is 5.92 Å². The zero-order valence-electron chi connectivity index (χ0n) is 14.8. The number of carbonyl (C=O) groups excluding carboxylic acids is 2. The molecule has 0 fully saturated rings. The summed E-state index contributed by atoms with van der Waals surface area (Å²) in [6.45, 7) is 8.63. The van der Waals surface area contributed by atoms with Crippen molar-refractivity contribution in [2.75, 3.05) is 5.32 Å². The third-order valence-electron chi connectivity index (χ3n) is 3.09. The zero-order chi connectivity index (χ0) is 19.4. The number of aromatic carboxylic acids is 1. The number of carbonyl (C=O) groups is 3. The molecule has 0 saturated heterocycles. The van der Waals surface area contributed by atoms with Crippen LogP contribution in [0.5, 0.6) is 0 Å². The minimum atomic E-state index is -1.20. The molecule has 0 aliphatic heterocycles. The summed E-state index contributed by atoms with van der Waals surface area (Å²) in [5.74, 6) is -2.02. The van der Waals surface area contributed by atoms with Crippen molar-refractivity contribution in [3.05, 3.63) is 28.8 Å². The third-order valence-corrected chi connectivity index (χ3v) is 3.33. The molecule has 0 radical (unpaired) electrons. The summed E-state index contributed by atoms with van der Waals surface area (Å²) < 4.78 is 5.15. The van der Waals surface area contributed by atoms with E-state index in [0.29, 0.717) is 0 Å². The van der Waals surface area contributed by atoms with E-state index in [-0.39, 0.29) is 22.2 Å². The van der Waals surface area contributed by atoms with E-state index >= 15 is 0 Å². The van der Waals surface area contributed by atoms with E-state index in [1.54, 1.807) is 34.6 Å². The summed E-state index contributed by atoms with van der Waals surface area (Å²) in [6, 6.07) is 3.15. The summed E-state index contributed by atoms with van der Waals surface area (Å²) in [6.07, 6.45) is -0.731. The number of nitrogens with one attached hydrogen (secondary N) is 2. The summed E-state index contributed by atoms with van der Waals surface area (Å²) in [7, 11) is 0. The van der Waals surface area contributed by atoms with E-state index < -0.39 is 29.6 Å². The van der Waals surface area contributed by atoms with Gasteiger partial charge in [-0.2, -0.15) is 0 Å². The Labute approximate surface area is 151 Å². The number of alkyl carbamates (subject to hydrolysis) is 1. The van der Waals surface area contributed by atoms with Gasteiger partial charge in [0.25, 0.3) is 0 Å². The smallest absolute Gasteiger partial charge is 0.408 e. The molecule has 8 heteroatoms. The predicted molar refractivity (Wildman–Crippen MR) is 95.0 cm³/mol.